The molecule has 0 bridgehead atoms. The minimum absolute atomic E-state index is 0.630. The molecule has 134 heavy (non-hydrogen) atoms. The fourth-order valence-electron chi connectivity index (χ4n) is 16.8. The Hall–Kier alpha value is -2.44. The minimum Gasteiger partial charge on any atom is -0.394 e. The Balaban J connectivity index is 0.000000258. The summed E-state index contributed by atoms with van der Waals surface area (Å²) in [6.07, 6.45) is -112. The van der Waals surface area contributed by atoms with E-state index in [1.54, 1.807) is 0 Å². The molecule has 12 aliphatic heterocycles. The summed E-state index contributed by atoms with van der Waals surface area (Å²) in [5.74, 6) is 0. The molecular formula is C73H126O61. The zero-order chi connectivity index (χ0) is 98.7. The molecule has 61 heteroatoms. The number of aliphatic hydroxyl groups is 39. The highest BCUT2D eigenvalue weighted by Gasteiger charge is 2.61. The predicted molar refractivity (Wildman–Crippen MR) is 402 cm³/mol. The maximum atomic E-state index is 11.6. The van der Waals surface area contributed by atoms with Gasteiger partial charge in [0.15, 0.2) is 69.2 Å². The molecule has 0 spiro atoms. The third-order valence-corrected chi connectivity index (χ3v) is 25.0. The second-order valence-corrected chi connectivity index (χ2v) is 34.0. The molecule has 12 fully saturated rings. The second kappa shape index (κ2) is 49.0. The van der Waals surface area contributed by atoms with Crippen molar-refractivity contribution in [3.8, 4) is 0 Å². The molecule has 0 saturated carbocycles. The molecule has 0 amide bonds. The lowest BCUT2D eigenvalue weighted by molar-refractivity contribution is -0.393. The molecule has 0 radical (unpaired) electrons. The van der Waals surface area contributed by atoms with E-state index in [0.29, 0.717) is 0 Å². The van der Waals surface area contributed by atoms with Crippen LogP contribution in [0.2, 0.25) is 0 Å². The molecule has 0 aromatic carbocycles. The van der Waals surface area contributed by atoms with Crippen LogP contribution in [-0.2, 0) is 104 Å². The van der Waals surface area contributed by atoms with Crippen molar-refractivity contribution >= 4 is 0 Å². The molecule has 12 rings (SSSR count). The predicted octanol–water partition coefficient (Wildman–Crippen LogP) is -27.1. The van der Waals surface area contributed by atoms with Gasteiger partial charge in [-0.2, -0.15) is 0 Å². The smallest absolute Gasteiger partial charge is 0.187 e. The van der Waals surface area contributed by atoms with Gasteiger partial charge in [-0.3, -0.25) is 0 Å². The third kappa shape index (κ3) is 24.2. The maximum Gasteiger partial charge on any atom is 0.187 e. The summed E-state index contributed by atoms with van der Waals surface area (Å²) in [6.45, 7) is -8.96. The Morgan fingerprint density at radius 3 is 0.530 bits per heavy atom. The number of rotatable bonds is 32. The van der Waals surface area contributed by atoms with E-state index < -0.39 is 448 Å². The summed E-state index contributed by atoms with van der Waals surface area (Å²) in [7, 11) is 0. The fraction of sp³-hybridized carbons (Fsp3) is 1.00. The third-order valence-electron chi connectivity index (χ3n) is 25.0. The highest BCUT2D eigenvalue weighted by atomic mass is 16.8. The van der Waals surface area contributed by atoms with Gasteiger partial charge in [-0.1, -0.05) is 0 Å². The first-order chi connectivity index (χ1) is 63.4. The molecule has 60 atom stereocenters. The molecule has 0 aliphatic carbocycles. The average Bonchev–Trinajstić information content (AvgIpc) is 0.767. The lowest BCUT2D eigenvalue weighted by Gasteiger charge is -2.49. The lowest BCUT2D eigenvalue weighted by atomic mass is 9.94. The van der Waals surface area contributed by atoms with Crippen LogP contribution in [0.5, 0.6) is 0 Å². The largest absolute Gasteiger partial charge is 0.394 e. The Bertz CT molecular complexity index is 3220. The van der Waals surface area contributed by atoms with Gasteiger partial charge in [0, 0.05) is 0 Å². The number of ether oxygens (including phenoxy) is 22. The van der Waals surface area contributed by atoms with Crippen molar-refractivity contribution in [3.63, 3.8) is 0 Å². The van der Waals surface area contributed by atoms with E-state index in [9.17, 15) is 199 Å². The van der Waals surface area contributed by atoms with Crippen molar-refractivity contribution in [2.24, 2.45) is 0 Å². The number of aliphatic hydroxyl groups excluding tert-OH is 39. The standard InChI is InChI=1S/C37H64O30.C36H62O31/c1-8-15(42)30(20(47)13(59-8)6-57-33-25(52)22(49)16(43)9(2-38)60-33)65-36-28(55)31(19(46)12(5-41)63-36)67-37-29(56)32(66-35-27(54)24(51)18(45)11(4-40)62-35)21(48)14(64-37)7-58-34-26(53)23(50)17(44)10(3-39)61-34;37-1-7-13(41)19(47)22(50)32(60-7)57-5-11-17(45)28(25(53)31(56)59-11)65-35-26(54)29(16(44)10(4-40)63-35)67-36-27(55)30(66-34-24(52)21(49)15(43)9(3-39)62-34)18(46)12(64-36)6-58-33-23(51)20(48)14(42)8(2-38)61-33/h8-56H,2-7H2,1H3;7-56H,1-6H2/t8?,9?,10?,11?,12?,13?,14?,15?,16?,17?,18?,19?,20?,21-,22?,23?,24?,25?,26?,27?,28?,29?,30?,31?,32?,33?,34?,35?,36?,37?;7?,8?,9?,10?,11?,12?,13?,14?,15?,16?,17?,18-,19?,20?,21?,22?,23?,24?,25?,26?,27?,28?,29?,30?,31?,32?,33?,34?,35?,36?/m11/s1. The quantitative estimate of drug-likeness (QED) is 0.0297. The molecule has 12 aliphatic rings. The van der Waals surface area contributed by atoms with E-state index >= 15 is 0 Å². The monoisotopic (exact) mass is 1980 g/mol. The van der Waals surface area contributed by atoms with Crippen LogP contribution in [0.25, 0.3) is 0 Å². The van der Waals surface area contributed by atoms with Crippen molar-refractivity contribution < 1.29 is 303 Å². The van der Waals surface area contributed by atoms with E-state index in [0.717, 1.165) is 0 Å². The van der Waals surface area contributed by atoms with Crippen LogP contribution in [0, 0.1) is 0 Å². The van der Waals surface area contributed by atoms with Gasteiger partial charge in [-0.15, -0.1) is 0 Å². The molecule has 0 aromatic heterocycles. The molecular weight excluding hydrogens is 1850 g/mol. The first kappa shape index (κ1) is 112. The fourth-order valence-corrected chi connectivity index (χ4v) is 16.8. The van der Waals surface area contributed by atoms with Crippen LogP contribution in [0.3, 0.4) is 0 Å². The van der Waals surface area contributed by atoms with Crippen LogP contribution in [0.4, 0.5) is 0 Å². The van der Waals surface area contributed by atoms with E-state index in [-0.39, 0.29) is 0 Å². The zero-order valence-electron chi connectivity index (χ0n) is 70.5. The molecule has 12 saturated heterocycles. The lowest BCUT2D eigenvalue weighted by Crippen LogP contribution is -2.68. The summed E-state index contributed by atoms with van der Waals surface area (Å²) in [5, 5.41) is 410. The van der Waals surface area contributed by atoms with E-state index in [1.165, 1.54) is 6.92 Å². The summed E-state index contributed by atoms with van der Waals surface area (Å²) < 4.78 is 122. The summed E-state index contributed by atoms with van der Waals surface area (Å²) in [6, 6.07) is 0. The maximum absolute atomic E-state index is 11.6. The Morgan fingerprint density at radius 1 is 0.149 bits per heavy atom. The zero-order valence-corrected chi connectivity index (χ0v) is 70.5. The highest BCUT2D eigenvalue weighted by molar-refractivity contribution is 5.04. The van der Waals surface area contributed by atoms with Crippen molar-refractivity contribution in [2.45, 2.75) is 375 Å². The topological polar surface area (TPSA) is 992 Å². The van der Waals surface area contributed by atoms with Gasteiger partial charge >= 0.3 is 0 Å². The number of hydrogen-bond acceptors (Lipinski definition) is 61. The molecule has 12 heterocycles. The van der Waals surface area contributed by atoms with Gasteiger partial charge < -0.3 is 303 Å². The summed E-state index contributed by atoms with van der Waals surface area (Å²) in [5.41, 5.74) is 0. The SMILES string of the molecule is CC1OC(COC2OC(CO)C(O)C(O)C2O)C(O)C(OC2OC(CO)C(O)C(OC3OC(COC4OC(CO)C(O)C(O)C4O)[C@@H](O)C(OC4OC(CO)C(O)C(O)C4O)C3O)C2O)C1O.OCC1OC(OCC2OC(O)C(O)C(OC3OC(CO)C(O)C(OC4OC(COC5OC(CO)C(O)C(O)C5O)[C@@H](O)C(OC5OC(CO)C(O)C(O)C5O)C4O)C3O)C2O)C(O)C(O)C1O. The Labute approximate surface area is 755 Å². The van der Waals surface area contributed by atoms with E-state index in [2.05, 4.69) is 0 Å². The van der Waals surface area contributed by atoms with Gasteiger partial charge in [-0.05, 0) is 6.92 Å². The molecule has 0 aromatic rings. The average molecular weight is 1980 g/mol. The van der Waals surface area contributed by atoms with Crippen LogP contribution >= 0.6 is 0 Å². The molecule has 784 valence electrons. The van der Waals surface area contributed by atoms with Crippen LogP contribution < -0.4 is 0 Å². The van der Waals surface area contributed by atoms with Gasteiger partial charge in [0.05, 0.1) is 85.4 Å². The van der Waals surface area contributed by atoms with Gasteiger partial charge in [0.1, 0.15) is 293 Å². The molecule has 61 nitrogen and oxygen atoms in total. The second-order valence-electron chi connectivity index (χ2n) is 34.0. The van der Waals surface area contributed by atoms with Crippen LogP contribution in [-0.4, -0.2) is 647 Å². The summed E-state index contributed by atoms with van der Waals surface area (Å²) >= 11 is 0. The van der Waals surface area contributed by atoms with Crippen LogP contribution in [0.15, 0.2) is 0 Å². The van der Waals surface area contributed by atoms with Gasteiger partial charge in [-0.25, -0.2) is 0 Å². The van der Waals surface area contributed by atoms with Crippen molar-refractivity contribution in [2.75, 3.05) is 79.3 Å². The first-order valence-corrected chi connectivity index (χ1v) is 42.6. The van der Waals surface area contributed by atoms with Gasteiger partial charge in [0.2, 0.25) is 0 Å². The molecule has 58 unspecified atom stereocenters. The Morgan fingerprint density at radius 2 is 0.306 bits per heavy atom. The first-order valence-electron chi connectivity index (χ1n) is 42.6. The van der Waals surface area contributed by atoms with E-state index in [4.69, 9.17) is 104 Å². The number of hydrogen-bond donors (Lipinski definition) is 39. The van der Waals surface area contributed by atoms with E-state index in [1.807, 2.05) is 0 Å². The normalized spacial score (nSPS) is 53.4. The van der Waals surface area contributed by atoms with Gasteiger partial charge in [0.25, 0.3) is 0 Å². The minimum atomic E-state index is -2.27. The van der Waals surface area contributed by atoms with Crippen molar-refractivity contribution in [1.82, 2.24) is 0 Å². The van der Waals surface area contributed by atoms with Crippen molar-refractivity contribution in [1.29, 1.82) is 0 Å². The molecule has 39 N–H and O–H groups in total. The Kier molecular flexibility index (Phi) is 40.9. The highest BCUT2D eigenvalue weighted by Crippen LogP contribution is 2.41. The van der Waals surface area contributed by atoms with Crippen LogP contribution in [0.1, 0.15) is 6.92 Å². The van der Waals surface area contributed by atoms with Crippen molar-refractivity contribution in [3.05, 3.63) is 0 Å². The summed E-state index contributed by atoms with van der Waals surface area (Å²) in [4.78, 5) is 0.